The molecule has 1 aromatic rings. The number of benzene rings is 1. The van der Waals surface area contributed by atoms with Gasteiger partial charge in [0.15, 0.2) is 0 Å². The van der Waals surface area contributed by atoms with Crippen LogP contribution in [0.25, 0.3) is 0 Å². The number of likely N-dealkylation sites (tertiary alicyclic amines) is 1. The molecule has 26 heavy (non-hydrogen) atoms. The maximum atomic E-state index is 12.5. The molecule has 1 N–H and O–H groups in total. The van der Waals surface area contributed by atoms with E-state index in [-0.39, 0.29) is 18.6 Å². The summed E-state index contributed by atoms with van der Waals surface area (Å²) < 4.78 is 5.84. The van der Waals surface area contributed by atoms with Gasteiger partial charge in [-0.15, -0.1) is 0 Å². The predicted molar refractivity (Wildman–Crippen MR) is 98.9 cm³/mol. The summed E-state index contributed by atoms with van der Waals surface area (Å²) in [5, 5.41) is 9.84. The third-order valence-electron chi connectivity index (χ3n) is 6.04. The van der Waals surface area contributed by atoms with Gasteiger partial charge in [-0.2, -0.15) is 0 Å². The summed E-state index contributed by atoms with van der Waals surface area (Å²) in [5.74, 6) is -0.153. The first-order valence-corrected chi connectivity index (χ1v) is 9.69. The molecule has 2 fully saturated rings. The van der Waals surface area contributed by atoms with Gasteiger partial charge in [-0.25, -0.2) is 0 Å². The van der Waals surface area contributed by atoms with Crippen LogP contribution in [0.5, 0.6) is 0 Å². The SMILES string of the molecule is CC1CCCC(OCC(=O)N2CCC(C(=O)O)(c3ccccc3)CC2)C1. The van der Waals surface area contributed by atoms with E-state index < -0.39 is 11.4 Å². The summed E-state index contributed by atoms with van der Waals surface area (Å²) in [6.45, 7) is 3.27. The van der Waals surface area contributed by atoms with Gasteiger partial charge in [0.05, 0.1) is 11.5 Å². The van der Waals surface area contributed by atoms with E-state index in [1.807, 2.05) is 30.3 Å². The molecule has 3 rings (SSSR count). The lowest BCUT2D eigenvalue weighted by atomic mass is 9.73. The van der Waals surface area contributed by atoms with Crippen LogP contribution in [0.15, 0.2) is 30.3 Å². The van der Waals surface area contributed by atoms with Crippen LogP contribution in [-0.2, 0) is 19.7 Å². The summed E-state index contributed by atoms with van der Waals surface area (Å²) >= 11 is 0. The first kappa shape index (κ1) is 18.9. The number of carboxylic acid groups (broad SMARTS) is 1. The number of rotatable bonds is 5. The van der Waals surface area contributed by atoms with Gasteiger partial charge < -0.3 is 14.7 Å². The molecule has 2 aliphatic rings. The molecule has 5 nitrogen and oxygen atoms in total. The topological polar surface area (TPSA) is 66.8 Å². The van der Waals surface area contributed by atoms with Crippen molar-refractivity contribution < 1.29 is 19.4 Å². The minimum absolute atomic E-state index is 0.0183. The molecular weight excluding hydrogens is 330 g/mol. The lowest BCUT2D eigenvalue weighted by Gasteiger charge is -2.39. The summed E-state index contributed by atoms with van der Waals surface area (Å²) in [7, 11) is 0. The summed E-state index contributed by atoms with van der Waals surface area (Å²) in [5.41, 5.74) is -0.0652. The smallest absolute Gasteiger partial charge is 0.314 e. The van der Waals surface area contributed by atoms with Crippen molar-refractivity contribution in [3.63, 3.8) is 0 Å². The molecule has 5 heteroatoms. The molecule has 0 bridgehead atoms. The highest BCUT2D eigenvalue weighted by atomic mass is 16.5. The summed E-state index contributed by atoms with van der Waals surface area (Å²) in [6.07, 6.45) is 5.56. The minimum Gasteiger partial charge on any atom is -0.481 e. The van der Waals surface area contributed by atoms with Gasteiger partial charge in [-0.3, -0.25) is 9.59 Å². The van der Waals surface area contributed by atoms with Crippen LogP contribution in [0.1, 0.15) is 51.0 Å². The van der Waals surface area contributed by atoms with Crippen LogP contribution < -0.4 is 0 Å². The highest BCUT2D eigenvalue weighted by Gasteiger charge is 2.43. The Morgan fingerprint density at radius 2 is 1.88 bits per heavy atom. The summed E-state index contributed by atoms with van der Waals surface area (Å²) in [6, 6.07) is 9.38. The first-order chi connectivity index (χ1) is 12.5. The Balaban J connectivity index is 1.55. The van der Waals surface area contributed by atoms with Crippen molar-refractivity contribution in [3.8, 4) is 0 Å². The Hall–Kier alpha value is -1.88. The van der Waals surface area contributed by atoms with E-state index in [1.165, 1.54) is 12.8 Å². The number of piperidine rings is 1. The van der Waals surface area contributed by atoms with E-state index in [1.54, 1.807) is 4.90 Å². The molecule has 2 atom stereocenters. The average Bonchev–Trinajstić information content (AvgIpc) is 2.67. The zero-order valence-corrected chi connectivity index (χ0v) is 15.5. The van der Waals surface area contributed by atoms with E-state index in [0.717, 1.165) is 18.4 Å². The number of hydrogen-bond acceptors (Lipinski definition) is 3. The van der Waals surface area contributed by atoms with Crippen LogP contribution in [0.4, 0.5) is 0 Å². The predicted octanol–water partition coefficient (Wildman–Crippen LogP) is 3.23. The monoisotopic (exact) mass is 359 g/mol. The maximum absolute atomic E-state index is 12.5. The maximum Gasteiger partial charge on any atom is 0.314 e. The number of ether oxygens (including phenoxy) is 1. The van der Waals surface area contributed by atoms with Crippen molar-refractivity contribution in [2.45, 2.75) is 57.0 Å². The Labute approximate surface area is 155 Å². The quantitative estimate of drug-likeness (QED) is 0.876. The van der Waals surface area contributed by atoms with Crippen molar-refractivity contribution in [1.82, 2.24) is 4.90 Å². The molecule has 1 aliphatic heterocycles. The Morgan fingerprint density at radius 1 is 1.19 bits per heavy atom. The molecule has 1 aromatic carbocycles. The first-order valence-electron chi connectivity index (χ1n) is 9.69. The number of carbonyl (C=O) groups excluding carboxylic acids is 1. The molecule has 0 aromatic heterocycles. The fourth-order valence-electron chi connectivity index (χ4n) is 4.33. The normalized spacial score (nSPS) is 25.7. The molecule has 1 amide bonds. The highest BCUT2D eigenvalue weighted by molar-refractivity contribution is 5.83. The van der Waals surface area contributed by atoms with E-state index in [2.05, 4.69) is 6.92 Å². The van der Waals surface area contributed by atoms with Gasteiger partial charge in [-0.1, -0.05) is 50.1 Å². The van der Waals surface area contributed by atoms with Gasteiger partial charge in [0.1, 0.15) is 6.61 Å². The number of carbonyl (C=O) groups is 2. The second kappa shape index (κ2) is 8.21. The number of carboxylic acids is 1. The van der Waals surface area contributed by atoms with Crippen molar-refractivity contribution in [2.75, 3.05) is 19.7 Å². The third kappa shape index (κ3) is 4.09. The Bertz CT molecular complexity index is 622. The van der Waals surface area contributed by atoms with Gasteiger partial charge in [-0.05, 0) is 37.2 Å². The zero-order valence-electron chi connectivity index (χ0n) is 15.5. The number of amides is 1. The van der Waals surface area contributed by atoms with Crippen LogP contribution in [0.3, 0.4) is 0 Å². The van der Waals surface area contributed by atoms with Crippen LogP contribution in [0.2, 0.25) is 0 Å². The van der Waals surface area contributed by atoms with Gasteiger partial charge in [0, 0.05) is 13.1 Å². The van der Waals surface area contributed by atoms with Crippen molar-refractivity contribution >= 4 is 11.9 Å². The van der Waals surface area contributed by atoms with Crippen molar-refractivity contribution in [2.24, 2.45) is 5.92 Å². The highest BCUT2D eigenvalue weighted by Crippen LogP contribution is 2.36. The lowest BCUT2D eigenvalue weighted by Crippen LogP contribution is -2.50. The average molecular weight is 359 g/mol. The lowest BCUT2D eigenvalue weighted by molar-refractivity contribution is -0.150. The van der Waals surface area contributed by atoms with E-state index >= 15 is 0 Å². The molecule has 1 saturated carbocycles. The largest absolute Gasteiger partial charge is 0.481 e. The molecule has 142 valence electrons. The molecular formula is C21H29NO4. The molecule has 0 radical (unpaired) electrons. The fourth-order valence-corrected chi connectivity index (χ4v) is 4.33. The molecule has 2 unspecified atom stereocenters. The minimum atomic E-state index is -0.891. The van der Waals surface area contributed by atoms with Crippen LogP contribution >= 0.6 is 0 Å². The third-order valence-corrected chi connectivity index (χ3v) is 6.04. The number of hydrogen-bond donors (Lipinski definition) is 1. The summed E-state index contributed by atoms with van der Waals surface area (Å²) in [4.78, 5) is 26.2. The Morgan fingerprint density at radius 3 is 2.50 bits per heavy atom. The number of aliphatic carboxylic acids is 1. The second-order valence-corrected chi connectivity index (χ2v) is 7.84. The van der Waals surface area contributed by atoms with E-state index in [0.29, 0.717) is 31.8 Å². The van der Waals surface area contributed by atoms with Gasteiger partial charge in [0.25, 0.3) is 0 Å². The Kier molecular flexibility index (Phi) is 5.97. The molecule has 1 saturated heterocycles. The van der Waals surface area contributed by atoms with Crippen LogP contribution in [0, 0.1) is 5.92 Å². The molecule has 1 aliphatic carbocycles. The van der Waals surface area contributed by atoms with Gasteiger partial charge >= 0.3 is 5.97 Å². The fraction of sp³-hybridized carbons (Fsp3) is 0.619. The van der Waals surface area contributed by atoms with Gasteiger partial charge in [0.2, 0.25) is 5.91 Å². The van der Waals surface area contributed by atoms with Crippen molar-refractivity contribution in [3.05, 3.63) is 35.9 Å². The number of nitrogens with zero attached hydrogens (tertiary/aromatic N) is 1. The second-order valence-electron chi connectivity index (χ2n) is 7.84. The van der Waals surface area contributed by atoms with E-state index in [9.17, 15) is 14.7 Å². The van der Waals surface area contributed by atoms with Crippen molar-refractivity contribution in [1.29, 1.82) is 0 Å². The van der Waals surface area contributed by atoms with E-state index in [4.69, 9.17) is 4.74 Å². The standard InChI is InChI=1S/C21H29NO4/c1-16-6-5-9-18(14-16)26-15-19(23)22-12-10-21(11-13-22,20(24)25)17-7-3-2-4-8-17/h2-4,7-8,16,18H,5-6,9-15H2,1H3,(H,24,25). The zero-order chi connectivity index (χ0) is 18.6. The molecule has 1 heterocycles. The molecule has 0 spiro atoms. The van der Waals surface area contributed by atoms with Crippen LogP contribution in [-0.4, -0.2) is 47.7 Å².